The molecule has 0 saturated heterocycles. The van der Waals surface area contributed by atoms with Gasteiger partial charge >= 0.3 is 0 Å². The Balaban J connectivity index is 2.01. The van der Waals surface area contributed by atoms with Gasteiger partial charge < -0.3 is 10.3 Å². The lowest BCUT2D eigenvalue weighted by Crippen LogP contribution is -2.37. The van der Waals surface area contributed by atoms with Gasteiger partial charge in [0.25, 0.3) is 0 Å². The standard InChI is InChI=1S/C15H22N4/c1-15(2,3)12(16)9-13-18-11-5-4-8-17-14(11)19(13)10-6-7-10/h4-5,8,10,12H,6-7,9,16H2,1-3H3. The Labute approximate surface area is 114 Å². The van der Waals surface area contributed by atoms with Crippen molar-refractivity contribution in [3.63, 3.8) is 0 Å². The third-order valence-electron chi connectivity index (χ3n) is 3.95. The normalized spacial score (nSPS) is 17.9. The molecule has 0 spiro atoms. The molecule has 0 bridgehead atoms. The van der Waals surface area contributed by atoms with Crippen molar-refractivity contribution in [2.24, 2.45) is 11.1 Å². The van der Waals surface area contributed by atoms with E-state index < -0.39 is 0 Å². The summed E-state index contributed by atoms with van der Waals surface area (Å²) in [6.07, 6.45) is 5.13. The van der Waals surface area contributed by atoms with Crippen molar-refractivity contribution in [1.82, 2.24) is 14.5 Å². The van der Waals surface area contributed by atoms with Gasteiger partial charge in [0.1, 0.15) is 11.3 Å². The fourth-order valence-electron chi connectivity index (χ4n) is 2.34. The molecule has 4 heteroatoms. The van der Waals surface area contributed by atoms with Gasteiger partial charge in [-0.15, -0.1) is 0 Å². The van der Waals surface area contributed by atoms with Gasteiger partial charge in [0.05, 0.1) is 0 Å². The molecule has 0 amide bonds. The first kappa shape index (κ1) is 12.6. The molecule has 1 unspecified atom stereocenters. The van der Waals surface area contributed by atoms with Crippen LogP contribution in [0.4, 0.5) is 0 Å². The lowest BCUT2D eigenvalue weighted by atomic mass is 9.85. The van der Waals surface area contributed by atoms with Gasteiger partial charge in [-0.2, -0.15) is 0 Å². The second kappa shape index (κ2) is 4.30. The Hall–Kier alpha value is -1.42. The highest BCUT2D eigenvalue weighted by Crippen LogP contribution is 2.38. The molecule has 4 nitrogen and oxygen atoms in total. The van der Waals surface area contributed by atoms with Gasteiger partial charge in [0.15, 0.2) is 5.65 Å². The van der Waals surface area contributed by atoms with Gasteiger partial charge in [0, 0.05) is 24.7 Å². The quantitative estimate of drug-likeness (QED) is 0.921. The second-order valence-electron chi connectivity index (χ2n) is 6.65. The smallest absolute Gasteiger partial charge is 0.160 e. The van der Waals surface area contributed by atoms with Crippen molar-refractivity contribution in [3.05, 3.63) is 24.2 Å². The van der Waals surface area contributed by atoms with E-state index in [0.29, 0.717) is 6.04 Å². The van der Waals surface area contributed by atoms with E-state index in [1.165, 1.54) is 12.8 Å². The maximum Gasteiger partial charge on any atom is 0.160 e. The minimum absolute atomic E-state index is 0.0972. The zero-order valence-corrected chi connectivity index (χ0v) is 11.9. The number of hydrogen-bond donors (Lipinski definition) is 1. The fourth-order valence-corrected chi connectivity index (χ4v) is 2.34. The maximum atomic E-state index is 6.32. The molecule has 1 aliphatic rings. The number of nitrogens with two attached hydrogens (primary N) is 1. The van der Waals surface area contributed by atoms with Gasteiger partial charge in [-0.3, -0.25) is 0 Å². The van der Waals surface area contributed by atoms with Crippen LogP contribution in [-0.4, -0.2) is 20.6 Å². The van der Waals surface area contributed by atoms with Gasteiger partial charge in [-0.05, 0) is 30.4 Å². The number of aromatic nitrogens is 3. The Morgan fingerprint density at radius 1 is 1.42 bits per heavy atom. The third-order valence-corrected chi connectivity index (χ3v) is 3.95. The highest BCUT2D eigenvalue weighted by atomic mass is 15.2. The number of nitrogens with zero attached hydrogens (tertiary/aromatic N) is 3. The van der Waals surface area contributed by atoms with Crippen LogP contribution in [0.15, 0.2) is 18.3 Å². The molecule has 0 radical (unpaired) electrons. The van der Waals surface area contributed by atoms with Crippen molar-refractivity contribution < 1.29 is 0 Å². The molecular formula is C15H22N4. The highest BCUT2D eigenvalue weighted by Gasteiger charge is 2.30. The first-order valence-corrected chi connectivity index (χ1v) is 7.04. The third kappa shape index (κ3) is 2.37. The zero-order valence-electron chi connectivity index (χ0n) is 11.9. The molecule has 1 fully saturated rings. The summed E-state index contributed by atoms with van der Waals surface area (Å²) in [6, 6.07) is 4.68. The van der Waals surface area contributed by atoms with Crippen LogP contribution in [0.25, 0.3) is 11.2 Å². The summed E-state index contributed by atoms with van der Waals surface area (Å²) in [7, 11) is 0. The van der Waals surface area contributed by atoms with E-state index in [9.17, 15) is 0 Å². The van der Waals surface area contributed by atoms with Gasteiger partial charge in [-0.25, -0.2) is 9.97 Å². The number of hydrogen-bond acceptors (Lipinski definition) is 3. The maximum absolute atomic E-state index is 6.32. The summed E-state index contributed by atoms with van der Waals surface area (Å²) in [5, 5.41) is 0. The fraction of sp³-hybridized carbons (Fsp3) is 0.600. The summed E-state index contributed by atoms with van der Waals surface area (Å²) in [5.74, 6) is 1.10. The van der Waals surface area contributed by atoms with Crippen LogP contribution in [0.1, 0.15) is 45.5 Å². The minimum Gasteiger partial charge on any atom is -0.327 e. The molecule has 2 N–H and O–H groups in total. The summed E-state index contributed by atoms with van der Waals surface area (Å²) < 4.78 is 2.31. The van der Waals surface area contributed by atoms with Crippen LogP contribution in [-0.2, 0) is 6.42 Å². The van der Waals surface area contributed by atoms with Gasteiger partial charge in [0.2, 0.25) is 0 Å². The molecule has 3 rings (SSSR count). The molecule has 1 aliphatic carbocycles. The van der Waals surface area contributed by atoms with E-state index in [0.717, 1.165) is 23.4 Å². The van der Waals surface area contributed by atoms with Crippen LogP contribution in [0.2, 0.25) is 0 Å². The molecule has 2 aromatic rings. The van der Waals surface area contributed by atoms with Crippen molar-refractivity contribution in [1.29, 1.82) is 0 Å². The van der Waals surface area contributed by atoms with Crippen LogP contribution < -0.4 is 5.73 Å². The molecule has 2 aromatic heterocycles. The minimum atomic E-state index is 0.0972. The average Bonchev–Trinajstić information content (AvgIpc) is 3.09. The second-order valence-corrected chi connectivity index (χ2v) is 6.65. The van der Waals surface area contributed by atoms with Crippen molar-refractivity contribution in [2.75, 3.05) is 0 Å². The Morgan fingerprint density at radius 3 is 2.79 bits per heavy atom. The van der Waals surface area contributed by atoms with E-state index in [1.54, 1.807) is 0 Å². The highest BCUT2D eigenvalue weighted by molar-refractivity contribution is 5.71. The largest absolute Gasteiger partial charge is 0.327 e. The van der Waals surface area contributed by atoms with E-state index in [1.807, 2.05) is 18.3 Å². The molecule has 0 aliphatic heterocycles. The van der Waals surface area contributed by atoms with Crippen molar-refractivity contribution >= 4 is 11.2 Å². The summed E-state index contributed by atoms with van der Waals surface area (Å²) >= 11 is 0. The molecule has 2 heterocycles. The van der Waals surface area contributed by atoms with Crippen LogP contribution >= 0.6 is 0 Å². The van der Waals surface area contributed by atoms with E-state index in [-0.39, 0.29) is 11.5 Å². The van der Waals surface area contributed by atoms with Crippen LogP contribution in [0.5, 0.6) is 0 Å². The molecule has 1 atom stereocenters. The van der Waals surface area contributed by atoms with E-state index in [2.05, 4.69) is 30.3 Å². The lowest BCUT2D eigenvalue weighted by Gasteiger charge is -2.26. The SMILES string of the molecule is CC(C)(C)C(N)Cc1nc2cccnc2n1C1CC1. The number of fused-ring (bicyclic) bond motifs is 1. The first-order valence-electron chi connectivity index (χ1n) is 7.04. The topological polar surface area (TPSA) is 56.7 Å². The monoisotopic (exact) mass is 258 g/mol. The van der Waals surface area contributed by atoms with Crippen LogP contribution in [0.3, 0.4) is 0 Å². The predicted molar refractivity (Wildman–Crippen MR) is 76.9 cm³/mol. The Morgan fingerprint density at radius 2 is 2.16 bits per heavy atom. The van der Waals surface area contributed by atoms with Gasteiger partial charge in [-0.1, -0.05) is 20.8 Å². The molecular weight excluding hydrogens is 236 g/mol. The number of imidazole rings is 1. The Bertz CT molecular complexity index is 590. The first-order chi connectivity index (χ1) is 8.97. The van der Waals surface area contributed by atoms with E-state index in [4.69, 9.17) is 10.7 Å². The summed E-state index contributed by atoms with van der Waals surface area (Å²) in [4.78, 5) is 9.24. The molecule has 102 valence electrons. The van der Waals surface area contributed by atoms with Crippen molar-refractivity contribution in [3.8, 4) is 0 Å². The van der Waals surface area contributed by atoms with Crippen LogP contribution in [0, 0.1) is 5.41 Å². The molecule has 0 aromatic carbocycles. The van der Waals surface area contributed by atoms with Crippen molar-refractivity contribution in [2.45, 2.75) is 52.1 Å². The Kier molecular flexibility index (Phi) is 2.86. The predicted octanol–water partition coefficient (Wildman–Crippen LogP) is 2.68. The molecule has 19 heavy (non-hydrogen) atoms. The lowest BCUT2D eigenvalue weighted by molar-refractivity contribution is 0.313. The number of pyridine rings is 1. The van der Waals surface area contributed by atoms with E-state index >= 15 is 0 Å². The summed E-state index contributed by atoms with van der Waals surface area (Å²) in [6.45, 7) is 6.54. The molecule has 1 saturated carbocycles. The average molecular weight is 258 g/mol. The zero-order chi connectivity index (χ0) is 13.6. The summed E-state index contributed by atoms with van der Waals surface area (Å²) in [5.41, 5.74) is 8.42. The number of rotatable bonds is 3.